The summed E-state index contributed by atoms with van der Waals surface area (Å²) in [6, 6.07) is 8.10. The maximum absolute atomic E-state index is 9.93. The van der Waals surface area contributed by atoms with Gasteiger partial charge in [0.05, 0.1) is 6.10 Å². The summed E-state index contributed by atoms with van der Waals surface area (Å²) in [5, 5.41) is 10.7. The van der Waals surface area contributed by atoms with Crippen LogP contribution in [0.15, 0.2) is 24.3 Å². The van der Waals surface area contributed by atoms with Crippen molar-refractivity contribution in [1.82, 2.24) is 4.90 Å². The lowest BCUT2D eigenvalue weighted by molar-refractivity contribution is 0.0997. The Bertz CT molecular complexity index is 429. The second-order valence-electron chi connectivity index (χ2n) is 6.02. The van der Waals surface area contributed by atoms with E-state index in [1.807, 2.05) is 12.1 Å². The second kappa shape index (κ2) is 6.33. The van der Waals surface area contributed by atoms with Crippen molar-refractivity contribution in [2.24, 2.45) is 5.92 Å². The van der Waals surface area contributed by atoms with Crippen molar-refractivity contribution in [2.75, 3.05) is 37.6 Å². The number of hydrogen-bond acceptors (Lipinski definition) is 3. The van der Waals surface area contributed by atoms with Gasteiger partial charge in [-0.1, -0.05) is 18.0 Å². The lowest BCUT2D eigenvalue weighted by Crippen LogP contribution is -2.48. The number of aliphatic hydroxyl groups excluding tert-OH is 1. The van der Waals surface area contributed by atoms with Crippen LogP contribution in [-0.2, 0) is 0 Å². The minimum atomic E-state index is -0.0655. The Morgan fingerprint density at radius 2 is 1.75 bits per heavy atom. The summed E-state index contributed by atoms with van der Waals surface area (Å²) in [5.74, 6) is 0.497. The summed E-state index contributed by atoms with van der Waals surface area (Å²) in [4.78, 5) is 4.92. The first-order chi connectivity index (χ1) is 9.72. The zero-order chi connectivity index (χ0) is 13.9. The number of aliphatic hydroxyl groups is 1. The van der Waals surface area contributed by atoms with Crippen molar-refractivity contribution in [1.29, 1.82) is 0 Å². The number of piperazine rings is 1. The van der Waals surface area contributed by atoms with Gasteiger partial charge in [-0.2, -0.15) is 0 Å². The third kappa shape index (κ3) is 3.27. The molecule has 110 valence electrons. The van der Waals surface area contributed by atoms with Gasteiger partial charge in [0, 0.05) is 43.4 Å². The van der Waals surface area contributed by atoms with Gasteiger partial charge in [-0.15, -0.1) is 0 Å². The first-order valence-electron chi connectivity index (χ1n) is 7.63. The van der Waals surface area contributed by atoms with Crippen LogP contribution in [0.3, 0.4) is 0 Å². The maximum Gasteiger partial charge on any atom is 0.0580 e. The van der Waals surface area contributed by atoms with Gasteiger partial charge in [0.1, 0.15) is 0 Å². The molecular formula is C16H23ClN2O. The van der Waals surface area contributed by atoms with E-state index in [0.717, 1.165) is 44.2 Å². The van der Waals surface area contributed by atoms with E-state index in [-0.39, 0.29) is 6.10 Å². The lowest BCUT2D eigenvalue weighted by Gasteiger charge is -2.37. The van der Waals surface area contributed by atoms with Gasteiger partial charge in [-0.05, 0) is 43.0 Å². The quantitative estimate of drug-likeness (QED) is 0.928. The Kier molecular flexibility index (Phi) is 4.49. The average Bonchev–Trinajstić information content (AvgIpc) is 2.86. The molecule has 3 rings (SSSR count). The smallest absolute Gasteiger partial charge is 0.0580 e. The van der Waals surface area contributed by atoms with Gasteiger partial charge >= 0.3 is 0 Å². The predicted molar refractivity (Wildman–Crippen MR) is 83.5 cm³/mol. The summed E-state index contributed by atoms with van der Waals surface area (Å²) in [6.45, 7) is 5.36. The Hall–Kier alpha value is -0.770. The Morgan fingerprint density at radius 3 is 2.35 bits per heavy atom. The Labute approximate surface area is 126 Å². The fourth-order valence-corrected chi connectivity index (χ4v) is 3.53. The first kappa shape index (κ1) is 14.2. The molecule has 2 atom stereocenters. The van der Waals surface area contributed by atoms with E-state index in [0.29, 0.717) is 5.92 Å². The van der Waals surface area contributed by atoms with E-state index >= 15 is 0 Å². The lowest BCUT2D eigenvalue weighted by atomic mass is 10.0. The van der Waals surface area contributed by atoms with Gasteiger partial charge in [0.25, 0.3) is 0 Å². The molecule has 1 aromatic carbocycles. The van der Waals surface area contributed by atoms with Crippen LogP contribution >= 0.6 is 11.6 Å². The van der Waals surface area contributed by atoms with Crippen LogP contribution in [0.4, 0.5) is 5.69 Å². The minimum Gasteiger partial charge on any atom is -0.393 e. The van der Waals surface area contributed by atoms with E-state index in [2.05, 4.69) is 21.9 Å². The number of benzene rings is 1. The summed E-state index contributed by atoms with van der Waals surface area (Å²) < 4.78 is 0. The van der Waals surface area contributed by atoms with Crippen molar-refractivity contribution < 1.29 is 5.11 Å². The van der Waals surface area contributed by atoms with Crippen LogP contribution < -0.4 is 4.90 Å². The summed E-state index contributed by atoms with van der Waals surface area (Å²) in [6.07, 6.45) is 3.31. The third-order valence-electron chi connectivity index (χ3n) is 4.68. The number of rotatable bonds is 3. The van der Waals surface area contributed by atoms with Crippen molar-refractivity contribution in [3.05, 3.63) is 29.3 Å². The zero-order valence-corrected chi connectivity index (χ0v) is 12.6. The largest absolute Gasteiger partial charge is 0.393 e. The molecule has 0 radical (unpaired) electrons. The van der Waals surface area contributed by atoms with Crippen molar-refractivity contribution in [3.8, 4) is 0 Å². The highest BCUT2D eigenvalue weighted by molar-refractivity contribution is 6.30. The molecule has 2 fully saturated rings. The second-order valence-corrected chi connectivity index (χ2v) is 6.46. The maximum atomic E-state index is 9.93. The highest BCUT2D eigenvalue weighted by Crippen LogP contribution is 2.27. The number of halogens is 1. The van der Waals surface area contributed by atoms with Gasteiger partial charge in [0.15, 0.2) is 0 Å². The minimum absolute atomic E-state index is 0.0655. The topological polar surface area (TPSA) is 26.7 Å². The number of nitrogens with zero attached hydrogens (tertiary/aromatic N) is 2. The summed E-state index contributed by atoms with van der Waals surface area (Å²) in [5.41, 5.74) is 1.26. The molecule has 0 amide bonds. The molecule has 1 aliphatic carbocycles. The normalized spacial score (nSPS) is 28.0. The van der Waals surface area contributed by atoms with Crippen molar-refractivity contribution >= 4 is 17.3 Å². The molecular weight excluding hydrogens is 272 g/mol. The van der Waals surface area contributed by atoms with Crippen LogP contribution in [0, 0.1) is 5.92 Å². The highest BCUT2D eigenvalue weighted by Gasteiger charge is 2.28. The predicted octanol–water partition coefficient (Wildman–Crippen LogP) is 2.62. The molecule has 0 aromatic heterocycles. The van der Waals surface area contributed by atoms with Gasteiger partial charge < -0.3 is 10.0 Å². The molecule has 4 heteroatoms. The average molecular weight is 295 g/mol. The van der Waals surface area contributed by atoms with Gasteiger partial charge in [0.2, 0.25) is 0 Å². The number of hydrogen-bond donors (Lipinski definition) is 1. The van der Waals surface area contributed by atoms with Crippen molar-refractivity contribution in [3.63, 3.8) is 0 Å². The van der Waals surface area contributed by atoms with Crippen LogP contribution in [-0.4, -0.2) is 48.8 Å². The molecule has 2 aliphatic rings. The summed E-state index contributed by atoms with van der Waals surface area (Å²) >= 11 is 5.93. The molecule has 3 nitrogen and oxygen atoms in total. The third-order valence-corrected chi connectivity index (χ3v) is 4.93. The molecule has 1 aliphatic heterocycles. The highest BCUT2D eigenvalue weighted by atomic mass is 35.5. The SMILES string of the molecule is OC1CCCC1CN1CCN(c2ccc(Cl)cc2)CC1. The molecule has 20 heavy (non-hydrogen) atoms. The Balaban J connectivity index is 1.50. The first-order valence-corrected chi connectivity index (χ1v) is 8.01. The molecule has 1 N–H and O–H groups in total. The molecule has 1 saturated carbocycles. The van der Waals surface area contributed by atoms with E-state index in [1.165, 1.54) is 18.5 Å². The number of anilines is 1. The van der Waals surface area contributed by atoms with E-state index in [1.54, 1.807) is 0 Å². The molecule has 1 heterocycles. The molecule has 0 bridgehead atoms. The standard InChI is InChI=1S/C16H23ClN2O/c17-14-4-6-15(7-5-14)19-10-8-18(9-11-19)12-13-2-1-3-16(13)20/h4-7,13,16,20H,1-3,8-12H2. The monoisotopic (exact) mass is 294 g/mol. The van der Waals surface area contributed by atoms with E-state index < -0.39 is 0 Å². The van der Waals surface area contributed by atoms with E-state index in [4.69, 9.17) is 11.6 Å². The van der Waals surface area contributed by atoms with Crippen LogP contribution in [0.25, 0.3) is 0 Å². The van der Waals surface area contributed by atoms with Crippen LogP contribution in [0.5, 0.6) is 0 Å². The fraction of sp³-hybridized carbons (Fsp3) is 0.625. The Morgan fingerprint density at radius 1 is 1.05 bits per heavy atom. The molecule has 0 spiro atoms. The molecule has 2 unspecified atom stereocenters. The molecule has 1 saturated heterocycles. The van der Waals surface area contributed by atoms with Gasteiger partial charge in [-0.25, -0.2) is 0 Å². The van der Waals surface area contributed by atoms with Crippen LogP contribution in [0.2, 0.25) is 5.02 Å². The van der Waals surface area contributed by atoms with Crippen molar-refractivity contribution in [2.45, 2.75) is 25.4 Å². The summed E-state index contributed by atoms with van der Waals surface area (Å²) in [7, 11) is 0. The van der Waals surface area contributed by atoms with Gasteiger partial charge in [-0.3, -0.25) is 4.90 Å². The zero-order valence-electron chi connectivity index (χ0n) is 11.8. The van der Waals surface area contributed by atoms with E-state index in [9.17, 15) is 5.11 Å². The fourth-order valence-electron chi connectivity index (χ4n) is 3.40. The molecule has 1 aromatic rings. The van der Waals surface area contributed by atoms with Crippen LogP contribution in [0.1, 0.15) is 19.3 Å².